The van der Waals surface area contributed by atoms with E-state index in [1.165, 1.54) is 12.3 Å². The molecule has 0 spiro atoms. The first-order valence-electron chi connectivity index (χ1n) is 5.81. The third-order valence-corrected chi connectivity index (χ3v) is 3.54. The number of halogens is 2. The van der Waals surface area contributed by atoms with Crippen molar-refractivity contribution in [3.8, 4) is 5.75 Å². The van der Waals surface area contributed by atoms with Crippen LogP contribution in [0.25, 0.3) is 0 Å². The number of phenols is 1. The first-order chi connectivity index (χ1) is 9.38. The number of carbonyl (C=O) groups excluding carboxylic acids is 1. The van der Waals surface area contributed by atoms with Gasteiger partial charge >= 0.3 is 0 Å². The monoisotopic (exact) mass is 310 g/mol. The quantitative estimate of drug-likeness (QED) is 0.652. The van der Waals surface area contributed by atoms with Crippen LogP contribution in [-0.4, -0.2) is 16.0 Å². The van der Waals surface area contributed by atoms with Crippen molar-refractivity contribution >= 4 is 34.8 Å². The van der Waals surface area contributed by atoms with Crippen molar-refractivity contribution in [3.05, 3.63) is 51.3 Å². The molecule has 1 heterocycles. The molecule has 2 N–H and O–H groups in total. The molecule has 4 nitrogen and oxygen atoms in total. The Bertz CT molecular complexity index is 687. The molecule has 0 aliphatic heterocycles. The van der Waals surface area contributed by atoms with E-state index in [1.807, 2.05) is 0 Å². The topological polar surface area (TPSA) is 62.2 Å². The highest BCUT2D eigenvalue weighted by Crippen LogP contribution is 2.26. The molecule has 0 aliphatic carbocycles. The highest BCUT2D eigenvalue weighted by atomic mass is 35.5. The fourth-order valence-corrected chi connectivity index (χ4v) is 1.95. The molecule has 1 aromatic carbocycles. The minimum atomic E-state index is -0.343. The summed E-state index contributed by atoms with van der Waals surface area (Å²) in [5.74, 6) is -0.152. The summed E-state index contributed by atoms with van der Waals surface area (Å²) in [7, 11) is 0. The molecule has 0 radical (unpaired) electrons. The number of benzene rings is 1. The molecular weight excluding hydrogens is 299 g/mol. The van der Waals surface area contributed by atoms with Gasteiger partial charge in [0, 0.05) is 11.9 Å². The summed E-state index contributed by atoms with van der Waals surface area (Å²) >= 11 is 11.5. The van der Waals surface area contributed by atoms with E-state index in [9.17, 15) is 9.90 Å². The number of pyridine rings is 1. The van der Waals surface area contributed by atoms with Gasteiger partial charge in [-0.3, -0.25) is 4.79 Å². The number of carbonyl (C=O) groups is 1. The third-order valence-electron chi connectivity index (χ3n) is 2.85. The summed E-state index contributed by atoms with van der Waals surface area (Å²) in [6.07, 6.45) is 1.35. The predicted octanol–water partition coefficient (Wildman–Crippen LogP) is 3.96. The molecule has 0 fully saturated rings. The molecule has 20 heavy (non-hydrogen) atoms. The number of aromatic hydroxyl groups is 1. The lowest BCUT2D eigenvalue weighted by atomic mass is 10.1. The molecule has 0 unspecified atom stereocenters. The van der Waals surface area contributed by atoms with Gasteiger partial charge in [0.05, 0.1) is 10.6 Å². The maximum absolute atomic E-state index is 12.1. The number of nitrogens with one attached hydrogen (secondary N) is 1. The first-order valence-corrected chi connectivity index (χ1v) is 6.56. The maximum atomic E-state index is 12.1. The molecule has 0 saturated heterocycles. The Kier molecular flexibility index (Phi) is 4.16. The Balaban J connectivity index is 2.27. The number of hydrogen-bond acceptors (Lipinski definition) is 3. The van der Waals surface area contributed by atoms with Crippen molar-refractivity contribution in [2.75, 3.05) is 5.32 Å². The highest BCUT2D eigenvalue weighted by Gasteiger charge is 2.11. The third kappa shape index (κ3) is 3.03. The van der Waals surface area contributed by atoms with Crippen molar-refractivity contribution in [2.24, 2.45) is 0 Å². The summed E-state index contributed by atoms with van der Waals surface area (Å²) < 4.78 is 0. The van der Waals surface area contributed by atoms with E-state index in [1.54, 1.807) is 26.0 Å². The SMILES string of the molecule is Cc1cc(NC(=O)c2cnc(Cl)c(Cl)c2)c(C)cc1O. The van der Waals surface area contributed by atoms with E-state index in [2.05, 4.69) is 10.3 Å². The highest BCUT2D eigenvalue weighted by molar-refractivity contribution is 6.41. The summed E-state index contributed by atoms with van der Waals surface area (Å²) in [5.41, 5.74) is 2.37. The lowest BCUT2D eigenvalue weighted by molar-refractivity contribution is 0.102. The van der Waals surface area contributed by atoms with E-state index in [0.717, 1.165) is 5.56 Å². The minimum absolute atomic E-state index is 0.153. The number of aromatic nitrogens is 1. The minimum Gasteiger partial charge on any atom is -0.508 e. The van der Waals surface area contributed by atoms with Gasteiger partial charge < -0.3 is 10.4 Å². The Morgan fingerprint density at radius 3 is 2.55 bits per heavy atom. The van der Waals surface area contributed by atoms with Crippen LogP contribution in [0.2, 0.25) is 10.2 Å². The van der Waals surface area contributed by atoms with Crippen LogP contribution in [0.5, 0.6) is 5.75 Å². The average Bonchev–Trinajstić information content (AvgIpc) is 2.39. The van der Waals surface area contributed by atoms with Gasteiger partial charge in [-0.2, -0.15) is 0 Å². The van der Waals surface area contributed by atoms with Gasteiger partial charge in [-0.05, 0) is 43.2 Å². The van der Waals surface area contributed by atoms with Gasteiger partial charge in [-0.25, -0.2) is 4.98 Å². The predicted molar refractivity (Wildman–Crippen MR) is 79.8 cm³/mol. The van der Waals surface area contributed by atoms with Crippen molar-refractivity contribution in [2.45, 2.75) is 13.8 Å². The molecule has 0 bridgehead atoms. The number of rotatable bonds is 2. The van der Waals surface area contributed by atoms with Crippen LogP contribution in [0.1, 0.15) is 21.5 Å². The van der Waals surface area contributed by atoms with E-state index in [-0.39, 0.29) is 21.8 Å². The van der Waals surface area contributed by atoms with Crippen LogP contribution in [0.15, 0.2) is 24.4 Å². The number of aryl methyl sites for hydroxylation is 2. The van der Waals surface area contributed by atoms with Gasteiger partial charge in [-0.15, -0.1) is 0 Å². The second-order valence-electron chi connectivity index (χ2n) is 4.40. The largest absolute Gasteiger partial charge is 0.508 e. The summed E-state index contributed by atoms with van der Waals surface area (Å²) in [6.45, 7) is 3.55. The number of hydrogen-bond donors (Lipinski definition) is 2. The fraction of sp³-hybridized carbons (Fsp3) is 0.143. The number of phenolic OH excluding ortho intramolecular Hbond substituents is 1. The van der Waals surface area contributed by atoms with Gasteiger partial charge in [0.25, 0.3) is 5.91 Å². The molecule has 1 aromatic heterocycles. The Hall–Kier alpha value is -1.78. The van der Waals surface area contributed by atoms with Crippen molar-refractivity contribution in [1.82, 2.24) is 4.98 Å². The molecular formula is C14H12Cl2N2O2. The smallest absolute Gasteiger partial charge is 0.257 e. The van der Waals surface area contributed by atoms with Crippen molar-refractivity contribution < 1.29 is 9.90 Å². The molecule has 6 heteroatoms. The summed E-state index contributed by atoms with van der Waals surface area (Å²) in [4.78, 5) is 15.9. The molecule has 104 valence electrons. The normalized spacial score (nSPS) is 10.4. The number of amides is 1. The average molecular weight is 311 g/mol. The standard InChI is InChI=1S/C14H12Cl2N2O2/c1-7-4-12(19)8(2)3-11(7)18-14(20)9-5-10(15)13(16)17-6-9/h3-6,19H,1-2H3,(H,18,20). The molecule has 0 aliphatic rings. The second kappa shape index (κ2) is 5.69. The molecule has 2 rings (SSSR count). The van der Waals surface area contributed by atoms with Crippen LogP contribution in [-0.2, 0) is 0 Å². The van der Waals surface area contributed by atoms with E-state index >= 15 is 0 Å². The van der Waals surface area contributed by atoms with Crippen molar-refractivity contribution in [1.29, 1.82) is 0 Å². The van der Waals surface area contributed by atoms with E-state index < -0.39 is 0 Å². The van der Waals surface area contributed by atoms with E-state index in [0.29, 0.717) is 16.8 Å². The Morgan fingerprint density at radius 2 is 1.90 bits per heavy atom. The fourth-order valence-electron chi connectivity index (χ4n) is 1.68. The molecule has 0 atom stereocenters. The number of anilines is 1. The van der Waals surface area contributed by atoms with Crippen LogP contribution >= 0.6 is 23.2 Å². The molecule has 1 amide bonds. The second-order valence-corrected chi connectivity index (χ2v) is 5.17. The van der Waals surface area contributed by atoms with Crippen molar-refractivity contribution in [3.63, 3.8) is 0 Å². The maximum Gasteiger partial charge on any atom is 0.257 e. The molecule has 0 saturated carbocycles. The van der Waals surface area contributed by atoms with Gasteiger partial charge in [-0.1, -0.05) is 23.2 Å². The Morgan fingerprint density at radius 1 is 1.20 bits per heavy atom. The number of nitrogens with zero attached hydrogens (tertiary/aromatic N) is 1. The van der Waals surface area contributed by atoms with Crippen LogP contribution in [0.4, 0.5) is 5.69 Å². The first kappa shape index (κ1) is 14.6. The lowest BCUT2D eigenvalue weighted by Gasteiger charge is -2.11. The summed E-state index contributed by atoms with van der Waals surface area (Å²) in [5, 5.41) is 12.7. The van der Waals surface area contributed by atoms with Gasteiger partial charge in [0.1, 0.15) is 10.9 Å². The van der Waals surface area contributed by atoms with Gasteiger partial charge in [0.2, 0.25) is 0 Å². The lowest BCUT2D eigenvalue weighted by Crippen LogP contribution is -2.13. The van der Waals surface area contributed by atoms with Crippen LogP contribution in [0, 0.1) is 13.8 Å². The van der Waals surface area contributed by atoms with Gasteiger partial charge in [0.15, 0.2) is 0 Å². The Labute approximate surface area is 126 Å². The zero-order valence-corrected chi connectivity index (χ0v) is 12.4. The zero-order valence-electron chi connectivity index (χ0n) is 10.9. The zero-order chi connectivity index (χ0) is 14.9. The van der Waals surface area contributed by atoms with Crippen LogP contribution in [0.3, 0.4) is 0 Å². The van der Waals surface area contributed by atoms with Crippen LogP contribution < -0.4 is 5.32 Å². The van der Waals surface area contributed by atoms with E-state index in [4.69, 9.17) is 23.2 Å². The summed E-state index contributed by atoms with van der Waals surface area (Å²) in [6, 6.07) is 4.75. The molecule has 2 aromatic rings.